The van der Waals surface area contributed by atoms with Crippen LogP contribution < -0.4 is 0 Å². The van der Waals surface area contributed by atoms with Crippen molar-refractivity contribution in [3.8, 4) is 0 Å². The van der Waals surface area contributed by atoms with Crippen LogP contribution in [0.25, 0.3) is 0 Å². The molecule has 1 aromatic carbocycles. The monoisotopic (exact) mass is 323 g/mol. The van der Waals surface area contributed by atoms with Gasteiger partial charge in [-0.05, 0) is 37.8 Å². The molecule has 2 aliphatic rings. The van der Waals surface area contributed by atoms with E-state index in [9.17, 15) is 13.2 Å². The van der Waals surface area contributed by atoms with E-state index in [4.69, 9.17) is 4.74 Å². The van der Waals surface area contributed by atoms with Crippen molar-refractivity contribution in [2.75, 3.05) is 18.9 Å². The number of benzene rings is 1. The first-order valence-corrected chi connectivity index (χ1v) is 9.43. The van der Waals surface area contributed by atoms with E-state index < -0.39 is 9.84 Å². The van der Waals surface area contributed by atoms with Crippen molar-refractivity contribution in [1.82, 2.24) is 4.90 Å². The predicted octanol–water partition coefficient (Wildman–Crippen LogP) is 1.63. The molecule has 2 unspecified atom stereocenters. The fourth-order valence-corrected chi connectivity index (χ4v) is 4.85. The maximum atomic E-state index is 12.5. The molecule has 0 aromatic heterocycles. The van der Waals surface area contributed by atoms with Crippen LogP contribution in [0.4, 0.5) is 0 Å². The van der Waals surface area contributed by atoms with E-state index in [0.29, 0.717) is 18.0 Å². The highest BCUT2D eigenvalue weighted by atomic mass is 32.2. The van der Waals surface area contributed by atoms with Crippen molar-refractivity contribution < 1.29 is 17.9 Å². The number of nitrogens with zero attached hydrogens (tertiary/aromatic N) is 1. The van der Waals surface area contributed by atoms with Crippen LogP contribution in [0, 0.1) is 0 Å². The minimum atomic E-state index is -3.37. The van der Waals surface area contributed by atoms with E-state index in [2.05, 4.69) is 0 Å². The van der Waals surface area contributed by atoms with Gasteiger partial charge in [-0.15, -0.1) is 0 Å². The van der Waals surface area contributed by atoms with Crippen molar-refractivity contribution in [2.24, 2.45) is 0 Å². The number of carbonyl (C=O) groups is 1. The molecule has 22 heavy (non-hydrogen) atoms. The van der Waals surface area contributed by atoms with Crippen molar-refractivity contribution in [1.29, 1.82) is 0 Å². The molecule has 0 aliphatic carbocycles. The number of hydrogen-bond acceptors (Lipinski definition) is 4. The smallest absolute Gasteiger partial charge is 0.251 e. The van der Waals surface area contributed by atoms with Crippen LogP contribution in [0.2, 0.25) is 0 Å². The Morgan fingerprint density at radius 2 is 1.95 bits per heavy atom. The zero-order chi connectivity index (χ0) is 15.6. The van der Waals surface area contributed by atoms with E-state index in [1.807, 2.05) is 0 Å². The molecule has 120 valence electrons. The minimum Gasteiger partial charge on any atom is -0.368 e. The quantitative estimate of drug-likeness (QED) is 0.845. The summed E-state index contributed by atoms with van der Waals surface area (Å²) in [6.45, 7) is 1.25. The van der Waals surface area contributed by atoms with Crippen molar-refractivity contribution >= 4 is 15.7 Å². The number of ether oxygens (including phenoxy) is 1. The van der Waals surface area contributed by atoms with Gasteiger partial charge < -0.3 is 9.64 Å². The average Bonchev–Trinajstić information content (AvgIpc) is 3.18. The summed E-state index contributed by atoms with van der Waals surface area (Å²) in [5, 5.41) is 0. The second-order valence-corrected chi connectivity index (χ2v) is 7.96. The standard InChI is InChI=1S/C16H21NO4S/c18-16(15-9-5-11-21-15)17-10-4-6-13(17)12-22(19,20)14-7-2-1-3-8-14/h1-3,7-8,13,15H,4-6,9-12H2. The molecule has 0 spiro atoms. The van der Waals surface area contributed by atoms with E-state index in [1.54, 1.807) is 35.2 Å². The van der Waals surface area contributed by atoms with Crippen LogP contribution in [0.5, 0.6) is 0 Å². The van der Waals surface area contributed by atoms with E-state index in [1.165, 1.54) is 0 Å². The lowest BCUT2D eigenvalue weighted by Gasteiger charge is -2.27. The van der Waals surface area contributed by atoms with Gasteiger partial charge in [-0.2, -0.15) is 0 Å². The van der Waals surface area contributed by atoms with Gasteiger partial charge in [0.2, 0.25) is 0 Å². The lowest BCUT2D eigenvalue weighted by Crippen LogP contribution is -2.44. The molecule has 2 saturated heterocycles. The second-order valence-electron chi connectivity index (χ2n) is 5.92. The van der Waals surface area contributed by atoms with Gasteiger partial charge in [-0.25, -0.2) is 8.42 Å². The van der Waals surface area contributed by atoms with Crippen LogP contribution in [0.3, 0.4) is 0 Å². The Morgan fingerprint density at radius 3 is 2.64 bits per heavy atom. The normalized spacial score (nSPS) is 25.5. The molecule has 1 aromatic rings. The van der Waals surface area contributed by atoms with Gasteiger partial charge in [-0.1, -0.05) is 18.2 Å². The molecule has 5 nitrogen and oxygen atoms in total. The summed E-state index contributed by atoms with van der Waals surface area (Å²) < 4.78 is 30.5. The molecule has 1 amide bonds. The van der Waals surface area contributed by atoms with Gasteiger partial charge in [0.25, 0.3) is 5.91 Å². The number of rotatable bonds is 4. The fourth-order valence-electron chi connectivity index (χ4n) is 3.23. The number of likely N-dealkylation sites (tertiary alicyclic amines) is 1. The first-order chi connectivity index (χ1) is 10.6. The highest BCUT2D eigenvalue weighted by Crippen LogP contribution is 2.25. The predicted molar refractivity (Wildman–Crippen MR) is 82.2 cm³/mol. The summed E-state index contributed by atoms with van der Waals surface area (Å²) in [7, 11) is -3.37. The fraction of sp³-hybridized carbons (Fsp3) is 0.562. The zero-order valence-corrected chi connectivity index (χ0v) is 13.3. The number of amides is 1. The average molecular weight is 323 g/mol. The molecule has 2 heterocycles. The van der Waals surface area contributed by atoms with Gasteiger partial charge in [0.05, 0.1) is 10.6 Å². The summed E-state index contributed by atoms with van der Waals surface area (Å²) in [5.41, 5.74) is 0. The van der Waals surface area contributed by atoms with Crippen LogP contribution in [0.15, 0.2) is 35.2 Å². The summed E-state index contributed by atoms with van der Waals surface area (Å²) in [5.74, 6) is -0.0431. The number of hydrogen-bond donors (Lipinski definition) is 0. The van der Waals surface area contributed by atoms with Gasteiger partial charge in [0, 0.05) is 19.2 Å². The number of sulfone groups is 1. The first-order valence-electron chi connectivity index (χ1n) is 7.78. The molecule has 3 rings (SSSR count). The Balaban J connectivity index is 1.72. The van der Waals surface area contributed by atoms with Gasteiger partial charge >= 0.3 is 0 Å². The molecule has 0 radical (unpaired) electrons. The molecule has 0 bridgehead atoms. The third kappa shape index (κ3) is 3.17. The van der Waals surface area contributed by atoms with Gasteiger partial charge in [0.15, 0.2) is 9.84 Å². The molecular formula is C16H21NO4S. The first kappa shape index (κ1) is 15.5. The Labute approximate surface area is 131 Å². The highest BCUT2D eigenvalue weighted by Gasteiger charge is 2.37. The largest absolute Gasteiger partial charge is 0.368 e. The van der Waals surface area contributed by atoms with Crippen LogP contribution in [-0.2, 0) is 19.4 Å². The SMILES string of the molecule is O=C(C1CCCO1)N1CCCC1CS(=O)(=O)c1ccccc1. The summed E-state index contributed by atoms with van der Waals surface area (Å²) in [6, 6.07) is 8.21. The molecule has 0 saturated carbocycles. The summed E-state index contributed by atoms with van der Waals surface area (Å²) >= 11 is 0. The minimum absolute atomic E-state index is 0.00449. The Bertz CT molecular complexity index is 623. The second kappa shape index (κ2) is 6.38. The maximum absolute atomic E-state index is 12.5. The van der Waals surface area contributed by atoms with Gasteiger partial charge in [0.1, 0.15) is 6.10 Å². The van der Waals surface area contributed by atoms with Crippen LogP contribution in [-0.4, -0.2) is 50.3 Å². The van der Waals surface area contributed by atoms with Crippen molar-refractivity contribution in [2.45, 2.75) is 42.7 Å². The third-order valence-corrected chi connectivity index (χ3v) is 6.19. The van der Waals surface area contributed by atoms with Gasteiger partial charge in [-0.3, -0.25) is 4.79 Å². The van der Waals surface area contributed by atoms with Crippen molar-refractivity contribution in [3.05, 3.63) is 30.3 Å². The van der Waals surface area contributed by atoms with Crippen LogP contribution >= 0.6 is 0 Å². The van der Waals surface area contributed by atoms with Crippen molar-refractivity contribution in [3.63, 3.8) is 0 Å². The maximum Gasteiger partial charge on any atom is 0.251 e. The van der Waals surface area contributed by atoms with E-state index >= 15 is 0 Å². The molecular weight excluding hydrogens is 302 g/mol. The Morgan fingerprint density at radius 1 is 1.18 bits per heavy atom. The third-order valence-electron chi connectivity index (χ3n) is 4.38. The zero-order valence-electron chi connectivity index (χ0n) is 12.5. The summed E-state index contributed by atoms with van der Waals surface area (Å²) in [6.07, 6.45) is 2.86. The molecule has 0 N–H and O–H groups in total. The van der Waals surface area contributed by atoms with E-state index in [0.717, 1.165) is 25.7 Å². The highest BCUT2D eigenvalue weighted by molar-refractivity contribution is 7.91. The van der Waals surface area contributed by atoms with E-state index in [-0.39, 0.29) is 23.8 Å². The molecule has 2 fully saturated rings. The molecule has 2 aliphatic heterocycles. The lowest BCUT2D eigenvalue weighted by atomic mass is 10.2. The Hall–Kier alpha value is -1.40. The molecule has 2 atom stereocenters. The topological polar surface area (TPSA) is 63.7 Å². The molecule has 6 heteroatoms. The lowest BCUT2D eigenvalue weighted by molar-refractivity contribution is -0.141. The van der Waals surface area contributed by atoms with Crippen LogP contribution in [0.1, 0.15) is 25.7 Å². The number of carbonyl (C=O) groups excluding carboxylic acids is 1. The Kier molecular flexibility index (Phi) is 4.49. The summed E-state index contributed by atoms with van der Waals surface area (Å²) in [4.78, 5) is 14.5.